The van der Waals surface area contributed by atoms with Gasteiger partial charge in [0.1, 0.15) is 11.6 Å². The SMILES string of the molecule is COc1ccc(Br)cc1/C=N/NC1=NC2C(C(=O)NC(=O)N2C)N1Cc1ccc(F)cc1. The highest BCUT2D eigenvalue weighted by atomic mass is 79.9. The molecule has 166 valence electrons. The second kappa shape index (κ2) is 8.95. The number of nitrogens with zero attached hydrogens (tertiary/aromatic N) is 4. The van der Waals surface area contributed by atoms with Crippen LogP contribution in [0.3, 0.4) is 0 Å². The van der Waals surface area contributed by atoms with Crippen LogP contribution in [0.4, 0.5) is 9.18 Å². The summed E-state index contributed by atoms with van der Waals surface area (Å²) in [6, 6.07) is 10.2. The molecule has 2 aromatic carbocycles. The summed E-state index contributed by atoms with van der Waals surface area (Å²) in [6.45, 7) is 0.262. The molecule has 2 atom stereocenters. The molecular formula is C21H20BrFN6O3. The number of hydrogen-bond acceptors (Lipinski definition) is 7. The summed E-state index contributed by atoms with van der Waals surface area (Å²) in [5.74, 6) is 0.131. The van der Waals surface area contributed by atoms with Gasteiger partial charge in [-0.05, 0) is 35.9 Å². The Kier molecular flexibility index (Phi) is 6.08. The average molecular weight is 503 g/mol. The van der Waals surface area contributed by atoms with Gasteiger partial charge in [0.25, 0.3) is 5.91 Å². The van der Waals surface area contributed by atoms with Gasteiger partial charge in [0.2, 0.25) is 5.96 Å². The monoisotopic (exact) mass is 502 g/mol. The van der Waals surface area contributed by atoms with Crippen LogP contribution in [0.25, 0.3) is 0 Å². The number of hydrogen-bond donors (Lipinski definition) is 2. The van der Waals surface area contributed by atoms with E-state index >= 15 is 0 Å². The van der Waals surface area contributed by atoms with Gasteiger partial charge in [-0.25, -0.2) is 19.6 Å². The lowest BCUT2D eigenvalue weighted by Crippen LogP contribution is -2.63. The molecule has 2 heterocycles. The smallest absolute Gasteiger partial charge is 0.325 e. The fourth-order valence-electron chi connectivity index (χ4n) is 3.54. The molecule has 2 N–H and O–H groups in total. The van der Waals surface area contributed by atoms with Crippen LogP contribution in [0.15, 0.2) is 57.0 Å². The van der Waals surface area contributed by atoms with Crippen molar-refractivity contribution >= 4 is 40.0 Å². The normalized spacial score (nSPS) is 20.3. The van der Waals surface area contributed by atoms with Crippen molar-refractivity contribution in [2.24, 2.45) is 10.1 Å². The molecule has 0 spiro atoms. The van der Waals surface area contributed by atoms with Gasteiger partial charge in [0.05, 0.1) is 13.3 Å². The fourth-order valence-corrected chi connectivity index (χ4v) is 3.92. The first kappa shape index (κ1) is 21.8. The van der Waals surface area contributed by atoms with Crippen molar-refractivity contribution in [3.8, 4) is 5.75 Å². The van der Waals surface area contributed by atoms with Crippen LogP contribution in [0.2, 0.25) is 0 Å². The third-order valence-electron chi connectivity index (χ3n) is 5.19. The Hall–Kier alpha value is -3.47. The minimum atomic E-state index is -0.749. The van der Waals surface area contributed by atoms with Crippen molar-refractivity contribution in [1.29, 1.82) is 0 Å². The van der Waals surface area contributed by atoms with E-state index in [9.17, 15) is 14.0 Å². The maximum atomic E-state index is 13.3. The molecule has 1 saturated heterocycles. The third-order valence-corrected chi connectivity index (χ3v) is 5.68. The number of imide groups is 1. The molecule has 0 saturated carbocycles. The lowest BCUT2D eigenvalue weighted by molar-refractivity contribution is -0.127. The minimum Gasteiger partial charge on any atom is -0.496 e. The third kappa shape index (κ3) is 4.28. The molecule has 2 unspecified atom stereocenters. The van der Waals surface area contributed by atoms with Crippen molar-refractivity contribution in [1.82, 2.24) is 20.5 Å². The number of halogens is 2. The summed E-state index contributed by atoms with van der Waals surface area (Å²) in [7, 11) is 3.13. The number of aliphatic imine (C=N–C) groups is 1. The first-order valence-corrected chi connectivity index (χ1v) is 10.5. The van der Waals surface area contributed by atoms with E-state index in [-0.39, 0.29) is 12.4 Å². The predicted octanol–water partition coefficient (Wildman–Crippen LogP) is 2.27. The zero-order valence-electron chi connectivity index (χ0n) is 17.3. The van der Waals surface area contributed by atoms with Crippen LogP contribution < -0.4 is 15.5 Å². The number of rotatable bonds is 5. The van der Waals surface area contributed by atoms with Crippen molar-refractivity contribution in [2.45, 2.75) is 18.8 Å². The zero-order chi connectivity index (χ0) is 22.8. The lowest BCUT2D eigenvalue weighted by Gasteiger charge is -2.36. The Labute approximate surface area is 192 Å². The molecule has 2 aliphatic heterocycles. The van der Waals surface area contributed by atoms with Gasteiger partial charge < -0.3 is 14.5 Å². The van der Waals surface area contributed by atoms with Crippen molar-refractivity contribution in [3.63, 3.8) is 0 Å². The van der Waals surface area contributed by atoms with Crippen molar-refractivity contribution in [2.75, 3.05) is 14.2 Å². The van der Waals surface area contributed by atoms with E-state index in [4.69, 9.17) is 4.74 Å². The predicted molar refractivity (Wildman–Crippen MR) is 120 cm³/mol. The maximum Gasteiger partial charge on any atom is 0.325 e. The van der Waals surface area contributed by atoms with Gasteiger partial charge in [0, 0.05) is 23.6 Å². The summed E-state index contributed by atoms with van der Waals surface area (Å²) in [5.41, 5.74) is 4.37. The molecule has 0 radical (unpaired) electrons. The highest BCUT2D eigenvalue weighted by Gasteiger charge is 2.48. The van der Waals surface area contributed by atoms with Crippen LogP contribution in [-0.4, -0.2) is 60.3 Å². The summed E-state index contributed by atoms with van der Waals surface area (Å²) in [5, 5.41) is 6.60. The maximum absolute atomic E-state index is 13.3. The number of benzene rings is 2. The number of guanidine groups is 1. The highest BCUT2D eigenvalue weighted by Crippen LogP contribution is 2.25. The number of carbonyl (C=O) groups excluding carboxylic acids is 2. The Morgan fingerprint density at radius 2 is 2.03 bits per heavy atom. The summed E-state index contributed by atoms with van der Waals surface area (Å²) >= 11 is 3.42. The van der Waals surface area contributed by atoms with Crippen LogP contribution in [0.5, 0.6) is 5.75 Å². The number of hydrazone groups is 1. The second-order valence-electron chi connectivity index (χ2n) is 7.23. The van der Waals surface area contributed by atoms with E-state index in [1.54, 1.807) is 43.5 Å². The Bertz CT molecular complexity index is 1110. The molecule has 3 amide bonds. The quantitative estimate of drug-likeness (QED) is 0.482. The summed E-state index contributed by atoms with van der Waals surface area (Å²) in [6.07, 6.45) is 0.855. The molecular weight excluding hydrogens is 483 g/mol. The minimum absolute atomic E-state index is 0.262. The molecule has 0 bridgehead atoms. The molecule has 2 aromatic rings. The summed E-state index contributed by atoms with van der Waals surface area (Å²) in [4.78, 5) is 32.3. The Balaban J connectivity index is 1.61. The van der Waals surface area contributed by atoms with Crippen molar-refractivity contribution in [3.05, 3.63) is 63.9 Å². The molecule has 4 rings (SSSR count). The number of methoxy groups -OCH3 is 1. The van der Waals surface area contributed by atoms with E-state index in [0.717, 1.165) is 15.6 Å². The van der Waals surface area contributed by atoms with Crippen LogP contribution in [-0.2, 0) is 11.3 Å². The van der Waals surface area contributed by atoms with Crippen LogP contribution in [0.1, 0.15) is 11.1 Å². The molecule has 1 fully saturated rings. The first-order valence-electron chi connectivity index (χ1n) is 9.66. The molecule has 0 aromatic heterocycles. The fraction of sp³-hybridized carbons (Fsp3) is 0.238. The highest BCUT2D eigenvalue weighted by molar-refractivity contribution is 9.10. The molecule has 2 aliphatic rings. The number of ether oxygens (including phenoxy) is 1. The van der Waals surface area contributed by atoms with Crippen molar-refractivity contribution < 1.29 is 18.7 Å². The zero-order valence-corrected chi connectivity index (χ0v) is 18.8. The first-order chi connectivity index (χ1) is 15.4. The molecule has 11 heteroatoms. The second-order valence-corrected chi connectivity index (χ2v) is 8.14. The number of urea groups is 1. The number of amides is 3. The van der Waals surface area contributed by atoms with E-state index in [2.05, 4.69) is 36.8 Å². The van der Waals surface area contributed by atoms with E-state index in [0.29, 0.717) is 11.7 Å². The topological polar surface area (TPSA) is 98.6 Å². The molecule has 32 heavy (non-hydrogen) atoms. The number of nitrogens with one attached hydrogen (secondary N) is 2. The van der Waals surface area contributed by atoms with E-state index in [1.165, 1.54) is 17.0 Å². The number of likely N-dealkylation sites (N-methyl/N-ethyl adjacent to an activating group) is 1. The van der Waals surface area contributed by atoms with Gasteiger partial charge in [-0.2, -0.15) is 5.10 Å². The summed E-state index contributed by atoms with van der Waals surface area (Å²) < 4.78 is 19.5. The van der Waals surface area contributed by atoms with Gasteiger partial charge in [-0.1, -0.05) is 28.1 Å². The van der Waals surface area contributed by atoms with Gasteiger partial charge >= 0.3 is 6.03 Å². The van der Waals surface area contributed by atoms with Crippen LogP contribution >= 0.6 is 15.9 Å². The van der Waals surface area contributed by atoms with E-state index < -0.39 is 24.1 Å². The van der Waals surface area contributed by atoms with Gasteiger partial charge in [-0.15, -0.1) is 0 Å². The lowest BCUT2D eigenvalue weighted by atomic mass is 10.1. The van der Waals surface area contributed by atoms with Gasteiger partial charge in [0.15, 0.2) is 12.2 Å². The van der Waals surface area contributed by atoms with Crippen LogP contribution in [0, 0.1) is 5.82 Å². The van der Waals surface area contributed by atoms with Gasteiger partial charge in [-0.3, -0.25) is 10.1 Å². The standard InChI is InChI=1S/C21H20BrFN6O3/c1-28-18-17(19(30)26-21(28)31)29(11-12-3-6-15(23)7-4-12)20(25-18)27-24-10-13-9-14(22)5-8-16(13)32-2/h3-10,17-18H,11H2,1-2H3,(H,25,27)(H,26,30,31)/b24-10+. The Morgan fingerprint density at radius 1 is 1.28 bits per heavy atom. The molecule has 9 nitrogen and oxygen atoms in total. The number of fused-ring (bicyclic) bond motifs is 1. The van der Waals surface area contributed by atoms with E-state index in [1.807, 2.05) is 12.1 Å². The average Bonchev–Trinajstić information content (AvgIpc) is 3.13. The number of carbonyl (C=O) groups is 2. The largest absolute Gasteiger partial charge is 0.496 e. The Morgan fingerprint density at radius 3 is 2.75 bits per heavy atom. The molecule has 0 aliphatic carbocycles.